The molecule has 0 aliphatic carbocycles. The number of halogens is 1. The lowest BCUT2D eigenvalue weighted by Crippen LogP contribution is -2.43. The number of rotatable bonds is 12. The van der Waals surface area contributed by atoms with Gasteiger partial charge in [-0.05, 0) is 68.1 Å². The van der Waals surface area contributed by atoms with E-state index in [9.17, 15) is 14.3 Å². The number of carbonyl (C=O) groups is 1. The van der Waals surface area contributed by atoms with Gasteiger partial charge in [-0.15, -0.1) is 0 Å². The molecule has 2 atom stereocenters. The van der Waals surface area contributed by atoms with Crippen LogP contribution in [-0.4, -0.2) is 29.8 Å². The Morgan fingerprint density at radius 2 is 1.66 bits per heavy atom. The van der Waals surface area contributed by atoms with Crippen molar-refractivity contribution >= 4 is 11.6 Å². The van der Waals surface area contributed by atoms with Gasteiger partial charge >= 0.3 is 0 Å². The van der Waals surface area contributed by atoms with Crippen molar-refractivity contribution in [1.29, 1.82) is 0 Å². The second kappa shape index (κ2) is 12.2. The molecular formula is C23H31FN2O3. The molecule has 0 aliphatic rings. The summed E-state index contributed by atoms with van der Waals surface area (Å²) in [5.74, 6) is 0.0623. The average Bonchev–Trinajstić information content (AvgIpc) is 2.71. The minimum absolute atomic E-state index is 0.253. The van der Waals surface area contributed by atoms with E-state index in [-0.39, 0.29) is 5.82 Å². The van der Waals surface area contributed by atoms with Crippen LogP contribution in [0.2, 0.25) is 0 Å². The highest BCUT2D eigenvalue weighted by Gasteiger charge is 2.18. The predicted octanol–water partition coefficient (Wildman–Crippen LogP) is 4.04. The number of aryl methyl sites for hydroxylation is 1. The van der Waals surface area contributed by atoms with Crippen molar-refractivity contribution < 1.29 is 19.0 Å². The van der Waals surface area contributed by atoms with Crippen molar-refractivity contribution in [3.8, 4) is 5.75 Å². The third-order valence-corrected chi connectivity index (χ3v) is 4.74. The van der Waals surface area contributed by atoms with Gasteiger partial charge in [0.2, 0.25) is 5.91 Å². The number of hydrogen-bond donors (Lipinski definition) is 3. The van der Waals surface area contributed by atoms with Crippen LogP contribution in [0.15, 0.2) is 48.5 Å². The Kier molecular flexibility index (Phi) is 9.60. The van der Waals surface area contributed by atoms with Gasteiger partial charge in [-0.2, -0.15) is 0 Å². The zero-order chi connectivity index (χ0) is 21.1. The minimum Gasteiger partial charge on any atom is -0.494 e. The van der Waals surface area contributed by atoms with E-state index in [1.165, 1.54) is 24.6 Å². The molecule has 29 heavy (non-hydrogen) atoms. The van der Waals surface area contributed by atoms with Crippen molar-refractivity contribution in [2.24, 2.45) is 5.73 Å². The SMILES string of the molecule is CC(O)C(N)C(=O)Nc1ccc(CCCCCCCOc2ccc(F)cc2)cc1. The smallest absolute Gasteiger partial charge is 0.243 e. The highest BCUT2D eigenvalue weighted by Crippen LogP contribution is 2.15. The summed E-state index contributed by atoms with van der Waals surface area (Å²) in [6.07, 6.45) is 5.61. The first-order valence-corrected chi connectivity index (χ1v) is 10.2. The summed E-state index contributed by atoms with van der Waals surface area (Å²) in [6, 6.07) is 12.9. The van der Waals surface area contributed by atoms with Crippen LogP contribution in [0.4, 0.5) is 10.1 Å². The highest BCUT2D eigenvalue weighted by molar-refractivity contribution is 5.95. The lowest BCUT2D eigenvalue weighted by Gasteiger charge is -2.14. The molecule has 158 valence electrons. The Bertz CT molecular complexity index is 733. The van der Waals surface area contributed by atoms with Crippen molar-refractivity contribution in [3.63, 3.8) is 0 Å². The van der Waals surface area contributed by atoms with Crippen LogP contribution in [0.5, 0.6) is 5.75 Å². The van der Waals surface area contributed by atoms with E-state index in [0.29, 0.717) is 18.0 Å². The normalized spacial score (nSPS) is 13.0. The number of amides is 1. The molecule has 2 unspecified atom stereocenters. The van der Waals surface area contributed by atoms with Crippen LogP contribution >= 0.6 is 0 Å². The second-order valence-corrected chi connectivity index (χ2v) is 7.27. The molecule has 5 nitrogen and oxygen atoms in total. The molecule has 0 fully saturated rings. The van der Waals surface area contributed by atoms with Crippen molar-refractivity contribution in [3.05, 3.63) is 59.9 Å². The van der Waals surface area contributed by atoms with Gasteiger partial charge in [0, 0.05) is 5.69 Å². The third kappa shape index (κ3) is 8.62. The van der Waals surface area contributed by atoms with Crippen LogP contribution in [0, 0.1) is 5.82 Å². The molecule has 2 aromatic rings. The molecule has 0 heterocycles. The third-order valence-electron chi connectivity index (χ3n) is 4.74. The van der Waals surface area contributed by atoms with Gasteiger partial charge in [0.1, 0.15) is 17.6 Å². The first kappa shape index (κ1) is 22.8. The van der Waals surface area contributed by atoms with E-state index in [4.69, 9.17) is 10.5 Å². The lowest BCUT2D eigenvalue weighted by atomic mass is 10.1. The molecule has 0 radical (unpaired) electrons. The summed E-state index contributed by atoms with van der Waals surface area (Å²) in [6.45, 7) is 2.14. The highest BCUT2D eigenvalue weighted by atomic mass is 19.1. The van der Waals surface area contributed by atoms with Gasteiger partial charge in [0.25, 0.3) is 0 Å². The summed E-state index contributed by atoms with van der Waals surface area (Å²) in [5.41, 5.74) is 7.52. The Hall–Kier alpha value is -2.44. The number of anilines is 1. The zero-order valence-electron chi connectivity index (χ0n) is 16.9. The zero-order valence-corrected chi connectivity index (χ0v) is 16.9. The van der Waals surface area contributed by atoms with Crippen LogP contribution < -0.4 is 15.8 Å². The Morgan fingerprint density at radius 1 is 1.03 bits per heavy atom. The molecule has 4 N–H and O–H groups in total. The summed E-state index contributed by atoms with van der Waals surface area (Å²) in [7, 11) is 0. The maximum atomic E-state index is 12.8. The van der Waals surface area contributed by atoms with Gasteiger partial charge in [-0.1, -0.05) is 31.4 Å². The summed E-state index contributed by atoms with van der Waals surface area (Å²) < 4.78 is 18.4. The molecule has 0 bridgehead atoms. The number of carbonyl (C=O) groups excluding carboxylic acids is 1. The van der Waals surface area contributed by atoms with E-state index in [0.717, 1.165) is 38.5 Å². The fourth-order valence-electron chi connectivity index (χ4n) is 2.88. The molecule has 0 saturated heterocycles. The number of hydrogen-bond acceptors (Lipinski definition) is 4. The molecule has 0 spiro atoms. The van der Waals surface area contributed by atoms with Crippen LogP contribution in [-0.2, 0) is 11.2 Å². The van der Waals surface area contributed by atoms with Gasteiger partial charge < -0.3 is 20.9 Å². The van der Waals surface area contributed by atoms with Crippen molar-refractivity contribution in [2.45, 2.75) is 57.6 Å². The summed E-state index contributed by atoms with van der Waals surface area (Å²) in [5, 5.41) is 12.1. The Balaban J connectivity index is 1.55. The van der Waals surface area contributed by atoms with Gasteiger partial charge in [0.15, 0.2) is 0 Å². The molecule has 2 aromatic carbocycles. The minimum atomic E-state index is -0.934. The predicted molar refractivity (Wildman–Crippen MR) is 113 cm³/mol. The van der Waals surface area contributed by atoms with Crippen LogP contribution in [0.1, 0.15) is 44.6 Å². The maximum absolute atomic E-state index is 12.8. The van der Waals surface area contributed by atoms with E-state index in [1.807, 2.05) is 24.3 Å². The average molecular weight is 403 g/mol. The van der Waals surface area contributed by atoms with Gasteiger partial charge in [-0.3, -0.25) is 4.79 Å². The standard InChI is InChI=1S/C23H31FN2O3/c1-17(27)22(25)23(28)26-20-12-8-18(9-13-20)7-5-3-2-4-6-16-29-21-14-10-19(24)11-15-21/h8-15,17,22,27H,2-7,16,25H2,1H3,(H,26,28). The van der Waals surface area contributed by atoms with Crippen LogP contribution in [0.3, 0.4) is 0 Å². The molecule has 0 aromatic heterocycles. The number of benzene rings is 2. The number of unbranched alkanes of at least 4 members (excludes halogenated alkanes) is 4. The van der Waals surface area contributed by atoms with E-state index in [1.54, 1.807) is 12.1 Å². The molecule has 1 amide bonds. The summed E-state index contributed by atoms with van der Waals surface area (Å²) in [4.78, 5) is 11.8. The van der Waals surface area contributed by atoms with E-state index in [2.05, 4.69) is 5.32 Å². The number of nitrogens with two attached hydrogens (primary N) is 1. The topological polar surface area (TPSA) is 84.6 Å². The molecule has 0 saturated carbocycles. The molecule has 2 rings (SSSR count). The van der Waals surface area contributed by atoms with Crippen LogP contribution in [0.25, 0.3) is 0 Å². The number of aliphatic hydroxyl groups is 1. The molecule has 6 heteroatoms. The largest absolute Gasteiger partial charge is 0.494 e. The first-order valence-electron chi connectivity index (χ1n) is 10.2. The maximum Gasteiger partial charge on any atom is 0.243 e. The number of nitrogens with one attached hydrogen (secondary N) is 1. The first-order chi connectivity index (χ1) is 14.0. The second-order valence-electron chi connectivity index (χ2n) is 7.27. The quantitative estimate of drug-likeness (QED) is 0.468. The monoisotopic (exact) mass is 402 g/mol. The van der Waals surface area contributed by atoms with Crippen molar-refractivity contribution in [1.82, 2.24) is 0 Å². The summed E-state index contributed by atoms with van der Waals surface area (Å²) >= 11 is 0. The van der Waals surface area contributed by atoms with E-state index < -0.39 is 18.1 Å². The molecular weight excluding hydrogens is 371 g/mol. The van der Waals surface area contributed by atoms with Gasteiger partial charge in [0.05, 0.1) is 12.7 Å². The van der Waals surface area contributed by atoms with Gasteiger partial charge in [-0.25, -0.2) is 4.39 Å². The number of aliphatic hydroxyl groups excluding tert-OH is 1. The van der Waals surface area contributed by atoms with Crippen molar-refractivity contribution in [2.75, 3.05) is 11.9 Å². The number of ether oxygens (including phenoxy) is 1. The lowest BCUT2D eigenvalue weighted by molar-refractivity contribution is -0.119. The Labute approximate surface area is 172 Å². The Morgan fingerprint density at radius 3 is 2.31 bits per heavy atom. The molecule has 0 aliphatic heterocycles. The fraction of sp³-hybridized carbons (Fsp3) is 0.435. The fourth-order valence-corrected chi connectivity index (χ4v) is 2.88. The van der Waals surface area contributed by atoms with E-state index >= 15 is 0 Å².